The van der Waals surface area contributed by atoms with Crippen molar-refractivity contribution in [3.05, 3.63) is 48.2 Å². The largest absolute Gasteiger partial charge is 0.476 e. The number of aromatic nitrogens is 4. The Kier molecular flexibility index (Phi) is 4.79. The lowest BCUT2D eigenvalue weighted by Gasteiger charge is -2.49. The highest BCUT2D eigenvalue weighted by Crippen LogP contribution is 2.40. The maximum absolute atomic E-state index is 13.1. The smallest absolute Gasteiger partial charge is 0.435 e. The van der Waals surface area contributed by atoms with Crippen LogP contribution in [0.25, 0.3) is 11.0 Å². The molecule has 2 aliphatic heterocycles. The molecule has 1 N–H and O–H groups in total. The van der Waals surface area contributed by atoms with Crippen LogP contribution in [0.4, 0.5) is 13.2 Å². The first-order chi connectivity index (χ1) is 14.9. The number of fused-ring (bicyclic) bond motifs is 4. The molecule has 162 valence electrons. The zero-order valence-electron chi connectivity index (χ0n) is 16.5. The number of rotatable bonds is 4. The zero-order valence-corrected chi connectivity index (χ0v) is 16.5. The van der Waals surface area contributed by atoms with E-state index in [2.05, 4.69) is 19.9 Å². The van der Waals surface area contributed by atoms with Crippen LogP contribution in [0.5, 0.6) is 5.88 Å². The first kappa shape index (κ1) is 19.8. The number of hydrogen-bond donors (Lipinski definition) is 1. The number of imidazole rings is 1. The van der Waals surface area contributed by atoms with E-state index in [1.165, 1.54) is 6.20 Å². The molecule has 2 saturated heterocycles. The van der Waals surface area contributed by atoms with Gasteiger partial charge < -0.3 is 14.6 Å². The molecule has 6 rings (SSSR count). The van der Waals surface area contributed by atoms with Crippen LogP contribution in [0.2, 0.25) is 0 Å². The minimum atomic E-state index is -4.56. The number of piperidine rings is 2. The molecule has 2 bridgehead atoms. The summed E-state index contributed by atoms with van der Waals surface area (Å²) < 4.78 is 44.0. The molecule has 1 aliphatic carbocycles. The summed E-state index contributed by atoms with van der Waals surface area (Å²) in [6, 6.07) is 7.56. The van der Waals surface area contributed by atoms with Crippen LogP contribution in [0.3, 0.4) is 0 Å². The molecule has 4 heterocycles. The number of carbonyl (C=O) groups excluding carboxylic acids is 1. The van der Waals surface area contributed by atoms with E-state index in [-0.39, 0.29) is 36.3 Å². The molecule has 31 heavy (non-hydrogen) atoms. The molecular weight excluding hydrogens is 411 g/mol. The fraction of sp³-hybridized carbons (Fsp3) is 0.429. The lowest BCUT2D eigenvalue weighted by molar-refractivity contribution is -0.141. The standard InChI is InChI=1S/C21H20F3N5O2/c22-21(23,24)17-8-25-9-18(28-17)31-11-13-7-14-6-5-12(13)10-29(14)20(30)19-26-15-3-1-2-4-16(15)27-19/h1-4,8-9,12-14H,5-7,10-11H2,(H,26,27). The number of alkyl halides is 3. The molecule has 3 atom stereocenters. The molecule has 1 amide bonds. The maximum atomic E-state index is 13.1. The fourth-order valence-electron chi connectivity index (χ4n) is 4.62. The van der Waals surface area contributed by atoms with Crippen molar-refractivity contribution in [3.63, 3.8) is 0 Å². The predicted molar refractivity (Wildman–Crippen MR) is 104 cm³/mol. The number of halogens is 3. The van der Waals surface area contributed by atoms with Gasteiger partial charge in [-0.25, -0.2) is 9.97 Å². The van der Waals surface area contributed by atoms with Crippen molar-refractivity contribution in [1.82, 2.24) is 24.8 Å². The minimum Gasteiger partial charge on any atom is -0.476 e. The van der Waals surface area contributed by atoms with Crippen molar-refractivity contribution in [1.29, 1.82) is 0 Å². The van der Waals surface area contributed by atoms with Crippen LogP contribution in [-0.4, -0.2) is 49.9 Å². The Bertz CT molecular complexity index is 1080. The molecule has 10 heteroatoms. The Morgan fingerprint density at radius 3 is 2.77 bits per heavy atom. The average Bonchev–Trinajstić information content (AvgIpc) is 3.21. The Morgan fingerprint density at radius 2 is 2.03 bits per heavy atom. The SMILES string of the molecule is O=C(c1nc2ccccc2[nH]1)N1CC2CCC1CC2COc1cncc(C(F)(F)F)n1. The Morgan fingerprint density at radius 1 is 1.19 bits per heavy atom. The third-order valence-electron chi connectivity index (χ3n) is 6.19. The average molecular weight is 431 g/mol. The quantitative estimate of drug-likeness (QED) is 0.681. The number of H-pyrrole nitrogens is 1. The van der Waals surface area contributed by atoms with Crippen molar-refractivity contribution in [3.8, 4) is 5.88 Å². The highest BCUT2D eigenvalue weighted by atomic mass is 19.4. The number of carbonyl (C=O) groups is 1. The molecule has 7 nitrogen and oxygen atoms in total. The Hall–Kier alpha value is -3.17. The van der Waals surface area contributed by atoms with Crippen LogP contribution in [0, 0.1) is 11.8 Å². The van der Waals surface area contributed by atoms with E-state index < -0.39 is 11.9 Å². The zero-order chi connectivity index (χ0) is 21.6. The van der Waals surface area contributed by atoms with Gasteiger partial charge in [-0.3, -0.25) is 9.78 Å². The summed E-state index contributed by atoms with van der Waals surface area (Å²) >= 11 is 0. The third kappa shape index (κ3) is 3.82. The summed E-state index contributed by atoms with van der Waals surface area (Å²) in [6.07, 6.45) is -0.102. The van der Waals surface area contributed by atoms with E-state index >= 15 is 0 Å². The van der Waals surface area contributed by atoms with Gasteiger partial charge in [0.25, 0.3) is 5.91 Å². The summed E-state index contributed by atoms with van der Waals surface area (Å²) in [7, 11) is 0. The van der Waals surface area contributed by atoms with E-state index in [0.717, 1.165) is 30.3 Å². The Balaban J connectivity index is 1.24. The van der Waals surface area contributed by atoms with Gasteiger partial charge in [-0.05, 0) is 43.2 Å². The molecular formula is C21H20F3N5O2. The second kappa shape index (κ2) is 7.51. The molecule has 3 unspecified atom stereocenters. The van der Waals surface area contributed by atoms with Gasteiger partial charge in [-0.1, -0.05) is 12.1 Å². The van der Waals surface area contributed by atoms with Crippen LogP contribution >= 0.6 is 0 Å². The summed E-state index contributed by atoms with van der Waals surface area (Å²) in [6.45, 7) is 0.840. The van der Waals surface area contributed by atoms with Gasteiger partial charge in [-0.15, -0.1) is 0 Å². The van der Waals surface area contributed by atoms with Gasteiger partial charge in [0.2, 0.25) is 5.88 Å². The van der Waals surface area contributed by atoms with Crippen molar-refractivity contribution in [2.24, 2.45) is 11.8 Å². The van der Waals surface area contributed by atoms with Gasteiger partial charge >= 0.3 is 6.18 Å². The molecule has 3 fully saturated rings. The van der Waals surface area contributed by atoms with Crippen LogP contribution in [0.15, 0.2) is 36.7 Å². The van der Waals surface area contributed by atoms with Gasteiger partial charge in [0.1, 0.15) is 0 Å². The number of benzene rings is 1. The monoisotopic (exact) mass is 431 g/mol. The van der Waals surface area contributed by atoms with Gasteiger partial charge in [0.05, 0.1) is 30.0 Å². The van der Waals surface area contributed by atoms with Crippen molar-refractivity contribution in [2.75, 3.05) is 13.2 Å². The molecule has 1 aromatic carbocycles. The fourth-order valence-corrected chi connectivity index (χ4v) is 4.62. The summed E-state index contributed by atoms with van der Waals surface area (Å²) in [5, 5.41) is 0. The number of ether oxygens (including phenoxy) is 1. The lowest BCUT2D eigenvalue weighted by Crippen LogP contribution is -2.55. The number of nitrogens with zero attached hydrogens (tertiary/aromatic N) is 4. The van der Waals surface area contributed by atoms with Gasteiger partial charge in [0, 0.05) is 12.6 Å². The number of para-hydroxylation sites is 2. The molecule has 0 spiro atoms. The van der Waals surface area contributed by atoms with E-state index in [4.69, 9.17) is 4.74 Å². The van der Waals surface area contributed by atoms with Crippen LogP contribution in [0.1, 0.15) is 35.6 Å². The normalized spacial score (nSPS) is 23.3. The second-order valence-corrected chi connectivity index (χ2v) is 8.10. The third-order valence-corrected chi connectivity index (χ3v) is 6.19. The van der Waals surface area contributed by atoms with Crippen LogP contribution in [-0.2, 0) is 6.18 Å². The number of nitrogens with one attached hydrogen (secondary N) is 1. The molecule has 3 aliphatic rings. The molecule has 3 aromatic rings. The summed E-state index contributed by atoms with van der Waals surface area (Å²) in [4.78, 5) is 29.5. The molecule has 0 radical (unpaired) electrons. The van der Waals surface area contributed by atoms with E-state index in [9.17, 15) is 18.0 Å². The minimum absolute atomic E-state index is 0.0619. The highest BCUT2D eigenvalue weighted by molar-refractivity contribution is 5.94. The van der Waals surface area contributed by atoms with E-state index in [1.807, 2.05) is 29.2 Å². The van der Waals surface area contributed by atoms with E-state index in [1.54, 1.807) is 0 Å². The Labute approximate surface area is 175 Å². The number of aromatic amines is 1. The number of amides is 1. The van der Waals surface area contributed by atoms with Crippen molar-refractivity contribution < 1.29 is 22.7 Å². The number of hydrogen-bond acceptors (Lipinski definition) is 5. The first-order valence-corrected chi connectivity index (χ1v) is 10.2. The van der Waals surface area contributed by atoms with Crippen LogP contribution < -0.4 is 4.74 Å². The maximum Gasteiger partial charge on any atom is 0.435 e. The van der Waals surface area contributed by atoms with Gasteiger partial charge in [-0.2, -0.15) is 13.2 Å². The second-order valence-electron chi connectivity index (χ2n) is 8.10. The highest BCUT2D eigenvalue weighted by Gasteiger charge is 2.43. The summed E-state index contributed by atoms with van der Waals surface area (Å²) in [5.41, 5.74) is 0.501. The van der Waals surface area contributed by atoms with Crippen molar-refractivity contribution in [2.45, 2.75) is 31.5 Å². The van der Waals surface area contributed by atoms with E-state index in [0.29, 0.717) is 18.6 Å². The molecule has 1 saturated carbocycles. The topological polar surface area (TPSA) is 84.0 Å². The molecule has 2 aromatic heterocycles. The van der Waals surface area contributed by atoms with Gasteiger partial charge in [0.15, 0.2) is 11.5 Å². The lowest BCUT2D eigenvalue weighted by atomic mass is 9.72. The predicted octanol–water partition coefficient (Wildman–Crippen LogP) is 3.69. The first-order valence-electron chi connectivity index (χ1n) is 10.2. The van der Waals surface area contributed by atoms with Crippen molar-refractivity contribution >= 4 is 16.9 Å². The summed E-state index contributed by atoms with van der Waals surface area (Å²) in [5.74, 6) is 0.452.